The zero-order valence-electron chi connectivity index (χ0n) is 14.8. The zero-order chi connectivity index (χ0) is 17.6. The van der Waals surface area contributed by atoms with E-state index >= 15 is 0 Å². The molecule has 0 bridgehead atoms. The van der Waals surface area contributed by atoms with Crippen LogP contribution < -0.4 is 4.74 Å². The van der Waals surface area contributed by atoms with Crippen molar-refractivity contribution >= 4 is 10.9 Å². The molecular weight excluding hydrogens is 318 g/mol. The second kappa shape index (κ2) is 7.92. The molecule has 0 atom stereocenters. The van der Waals surface area contributed by atoms with Crippen LogP contribution in [0.15, 0.2) is 91.1 Å². The average Bonchev–Trinajstić information content (AvgIpc) is 3.10. The molecule has 0 aliphatic heterocycles. The molecule has 2 heteroatoms. The maximum absolute atomic E-state index is 5.98. The van der Waals surface area contributed by atoms with Gasteiger partial charge in [0.05, 0.1) is 6.61 Å². The van der Waals surface area contributed by atoms with Crippen LogP contribution in [0.3, 0.4) is 0 Å². The molecule has 4 aromatic rings. The molecule has 4 rings (SSSR count). The van der Waals surface area contributed by atoms with Crippen molar-refractivity contribution in [1.82, 2.24) is 4.57 Å². The van der Waals surface area contributed by atoms with Gasteiger partial charge in [-0.15, -0.1) is 0 Å². The van der Waals surface area contributed by atoms with Gasteiger partial charge in [0.2, 0.25) is 0 Å². The highest BCUT2D eigenvalue weighted by molar-refractivity contribution is 5.79. The number of para-hydroxylation sites is 1. The van der Waals surface area contributed by atoms with Crippen molar-refractivity contribution in [3.8, 4) is 5.75 Å². The van der Waals surface area contributed by atoms with Gasteiger partial charge in [0, 0.05) is 18.3 Å². The number of ether oxygens (including phenoxy) is 1. The largest absolute Gasteiger partial charge is 0.494 e. The van der Waals surface area contributed by atoms with E-state index in [-0.39, 0.29) is 0 Å². The Bertz CT molecular complexity index is 972. The third-order valence-electron chi connectivity index (χ3n) is 4.64. The van der Waals surface area contributed by atoms with E-state index in [2.05, 4.69) is 89.6 Å². The molecule has 2 nitrogen and oxygen atoms in total. The summed E-state index contributed by atoms with van der Waals surface area (Å²) < 4.78 is 8.28. The highest BCUT2D eigenvalue weighted by atomic mass is 16.5. The Kier molecular flexibility index (Phi) is 5.02. The minimum Gasteiger partial charge on any atom is -0.494 e. The Morgan fingerprint density at radius 3 is 2.46 bits per heavy atom. The van der Waals surface area contributed by atoms with E-state index in [9.17, 15) is 0 Å². The third-order valence-corrected chi connectivity index (χ3v) is 4.64. The van der Waals surface area contributed by atoms with Crippen molar-refractivity contribution < 1.29 is 4.74 Å². The van der Waals surface area contributed by atoms with Crippen LogP contribution in [-0.4, -0.2) is 11.2 Å². The molecule has 0 aliphatic rings. The van der Waals surface area contributed by atoms with E-state index in [0.717, 1.165) is 31.7 Å². The first-order valence-corrected chi connectivity index (χ1v) is 9.18. The summed E-state index contributed by atoms with van der Waals surface area (Å²) in [6.07, 6.45) is 4.08. The van der Waals surface area contributed by atoms with Gasteiger partial charge in [0.25, 0.3) is 0 Å². The van der Waals surface area contributed by atoms with Crippen LogP contribution in [0.1, 0.15) is 17.5 Å². The molecule has 0 amide bonds. The molecule has 0 fully saturated rings. The van der Waals surface area contributed by atoms with Gasteiger partial charge in [0.1, 0.15) is 5.75 Å². The Balaban J connectivity index is 1.31. The van der Waals surface area contributed by atoms with Crippen molar-refractivity contribution in [1.29, 1.82) is 0 Å². The highest BCUT2D eigenvalue weighted by Gasteiger charge is 2.01. The fourth-order valence-electron chi connectivity index (χ4n) is 3.34. The van der Waals surface area contributed by atoms with Gasteiger partial charge in [0.15, 0.2) is 0 Å². The van der Waals surface area contributed by atoms with Crippen LogP contribution in [0, 0.1) is 0 Å². The van der Waals surface area contributed by atoms with Crippen LogP contribution in [0.5, 0.6) is 5.75 Å². The number of fused-ring (bicyclic) bond motifs is 1. The number of hydrogen-bond acceptors (Lipinski definition) is 1. The number of benzene rings is 3. The molecule has 0 unspecified atom stereocenters. The third kappa shape index (κ3) is 3.97. The summed E-state index contributed by atoms with van der Waals surface area (Å²) in [4.78, 5) is 0. The van der Waals surface area contributed by atoms with Gasteiger partial charge in [-0.1, -0.05) is 60.7 Å². The van der Waals surface area contributed by atoms with Gasteiger partial charge in [-0.2, -0.15) is 0 Å². The predicted octanol–water partition coefficient (Wildman–Crippen LogP) is 5.70. The molecule has 0 aliphatic carbocycles. The molecule has 3 aromatic carbocycles. The lowest BCUT2D eigenvalue weighted by atomic mass is 10.1. The molecule has 130 valence electrons. The van der Waals surface area contributed by atoms with Crippen molar-refractivity contribution in [2.75, 3.05) is 6.61 Å². The first kappa shape index (κ1) is 16.5. The SMILES string of the molecule is c1ccc(Cc2cccc(OCCCn3ccc4ccccc43)c2)cc1. The molecule has 0 saturated heterocycles. The van der Waals surface area contributed by atoms with Crippen LogP contribution >= 0.6 is 0 Å². The molecule has 1 aromatic heterocycles. The molecular formula is C24H23NO. The van der Waals surface area contributed by atoms with Gasteiger partial charge >= 0.3 is 0 Å². The molecule has 0 spiro atoms. The summed E-state index contributed by atoms with van der Waals surface area (Å²) in [6, 6.07) is 29.6. The monoisotopic (exact) mass is 341 g/mol. The fourth-order valence-corrected chi connectivity index (χ4v) is 3.34. The quantitative estimate of drug-likeness (QED) is 0.393. The van der Waals surface area contributed by atoms with E-state index in [1.54, 1.807) is 0 Å². The summed E-state index contributed by atoms with van der Waals surface area (Å²) in [6.45, 7) is 1.69. The number of nitrogens with zero attached hydrogens (tertiary/aromatic N) is 1. The number of aryl methyl sites for hydroxylation is 1. The summed E-state index contributed by atoms with van der Waals surface area (Å²) in [7, 11) is 0. The van der Waals surface area contributed by atoms with Gasteiger partial charge in [-0.3, -0.25) is 0 Å². The van der Waals surface area contributed by atoms with Crippen molar-refractivity contribution in [3.05, 3.63) is 102 Å². The summed E-state index contributed by atoms with van der Waals surface area (Å²) in [5, 5.41) is 1.29. The van der Waals surface area contributed by atoms with Crippen LogP contribution in [-0.2, 0) is 13.0 Å². The molecule has 0 saturated carbocycles. The Morgan fingerprint density at radius 1 is 0.731 bits per heavy atom. The average molecular weight is 341 g/mol. The van der Waals surface area contributed by atoms with Crippen LogP contribution in [0.25, 0.3) is 10.9 Å². The van der Waals surface area contributed by atoms with Crippen molar-refractivity contribution in [3.63, 3.8) is 0 Å². The smallest absolute Gasteiger partial charge is 0.119 e. The zero-order valence-corrected chi connectivity index (χ0v) is 14.8. The normalized spacial score (nSPS) is 10.9. The lowest BCUT2D eigenvalue weighted by Crippen LogP contribution is -2.04. The van der Waals surface area contributed by atoms with Crippen molar-refractivity contribution in [2.45, 2.75) is 19.4 Å². The topological polar surface area (TPSA) is 14.2 Å². The van der Waals surface area contributed by atoms with Crippen molar-refractivity contribution in [2.24, 2.45) is 0 Å². The van der Waals surface area contributed by atoms with Crippen LogP contribution in [0.4, 0.5) is 0 Å². The lowest BCUT2D eigenvalue weighted by molar-refractivity contribution is 0.302. The van der Waals surface area contributed by atoms with Crippen LogP contribution in [0.2, 0.25) is 0 Å². The minimum atomic E-state index is 0.724. The number of rotatable bonds is 7. The Morgan fingerprint density at radius 2 is 1.54 bits per heavy atom. The fraction of sp³-hybridized carbons (Fsp3) is 0.167. The van der Waals surface area contributed by atoms with E-state index in [4.69, 9.17) is 4.74 Å². The van der Waals surface area contributed by atoms with E-state index in [0.29, 0.717) is 0 Å². The lowest BCUT2D eigenvalue weighted by Gasteiger charge is -2.09. The summed E-state index contributed by atoms with van der Waals surface area (Å²) >= 11 is 0. The molecule has 1 heterocycles. The molecule has 0 radical (unpaired) electrons. The first-order chi connectivity index (χ1) is 12.9. The Labute approximate surface area is 154 Å². The van der Waals surface area contributed by atoms with E-state index in [1.165, 1.54) is 22.0 Å². The minimum absolute atomic E-state index is 0.724. The number of aromatic nitrogens is 1. The van der Waals surface area contributed by atoms with Gasteiger partial charge in [-0.25, -0.2) is 0 Å². The highest BCUT2D eigenvalue weighted by Crippen LogP contribution is 2.18. The summed E-state index contributed by atoms with van der Waals surface area (Å²) in [5.41, 5.74) is 3.89. The summed E-state index contributed by atoms with van der Waals surface area (Å²) in [5.74, 6) is 0.954. The van der Waals surface area contributed by atoms with Gasteiger partial charge in [-0.05, 0) is 53.6 Å². The van der Waals surface area contributed by atoms with Gasteiger partial charge < -0.3 is 9.30 Å². The number of hydrogen-bond donors (Lipinski definition) is 0. The molecule has 26 heavy (non-hydrogen) atoms. The molecule has 0 N–H and O–H groups in total. The second-order valence-electron chi connectivity index (χ2n) is 6.58. The first-order valence-electron chi connectivity index (χ1n) is 9.18. The van der Waals surface area contributed by atoms with E-state index in [1.807, 2.05) is 6.07 Å². The standard InChI is InChI=1S/C24H23NO/c1-2-8-20(9-3-1)18-21-10-6-12-23(19-21)26-17-7-15-25-16-14-22-11-4-5-13-24(22)25/h1-6,8-14,16,19H,7,15,17-18H2. The predicted molar refractivity (Wildman–Crippen MR) is 108 cm³/mol. The van der Waals surface area contributed by atoms with E-state index < -0.39 is 0 Å². The Hall–Kier alpha value is -3.00. The maximum atomic E-state index is 5.98. The second-order valence-corrected chi connectivity index (χ2v) is 6.58. The maximum Gasteiger partial charge on any atom is 0.119 e.